The van der Waals surface area contributed by atoms with Crippen molar-refractivity contribution >= 4 is 5.69 Å². The number of nitrogens with one attached hydrogen (secondary N) is 2. The second-order valence-corrected chi connectivity index (χ2v) is 6.93. The number of aromatic nitrogens is 4. The van der Waals surface area contributed by atoms with E-state index in [1.165, 1.54) is 5.69 Å². The smallest absolute Gasteiger partial charge is 0.0878 e. The van der Waals surface area contributed by atoms with Crippen molar-refractivity contribution in [2.24, 2.45) is 0 Å². The minimum atomic E-state index is 0.534. The maximum Gasteiger partial charge on any atom is 0.0878 e. The molecule has 0 spiro atoms. The van der Waals surface area contributed by atoms with E-state index >= 15 is 0 Å². The second-order valence-electron chi connectivity index (χ2n) is 6.93. The van der Waals surface area contributed by atoms with E-state index in [1.807, 2.05) is 16.9 Å². The van der Waals surface area contributed by atoms with Gasteiger partial charge in [0.05, 0.1) is 23.7 Å². The normalized spacial score (nSPS) is 15.4. The monoisotopic (exact) mass is 366 g/mol. The molecule has 0 bridgehead atoms. The maximum atomic E-state index is 5.12. The van der Waals surface area contributed by atoms with Gasteiger partial charge in [0.1, 0.15) is 0 Å². The van der Waals surface area contributed by atoms with Crippen molar-refractivity contribution in [3.63, 3.8) is 0 Å². The fourth-order valence-electron chi connectivity index (χ4n) is 3.56. The zero-order chi connectivity index (χ0) is 18.5. The van der Waals surface area contributed by atoms with E-state index in [0.717, 1.165) is 49.6 Å². The van der Waals surface area contributed by atoms with Crippen LogP contribution in [0, 0.1) is 0 Å². The number of aromatic amines is 1. The van der Waals surface area contributed by atoms with Crippen molar-refractivity contribution in [3.05, 3.63) is 60.2 Å². The Morgan fingerprint density at radius 3 is 2.67 bits per heavy atom. The van der Waals surface area contributed by atoms with Crippen LogP contribution in [0.2, 0.25) is 0 Å². The van der Waals surface area contributed by atoms with Crippen LogP contribution in [0.3, 0.4) is 0 Å². The molecule has 7 nitrogen and oxygen atoms in total. The first kappa shape index (κ1) is 17.8. The summed E-state index contributed by atoms with van der Waals surface area (Å²) in [4.78, 5) is 2.45. The van der Waals surface area contributed by atoms with E-state index in [4.69, 9.17) is 4.74 Å². The molecule has 1 saturated heterocycles. The summed E-state index contributed by atoms with van der Waals surface area (Å²) in [6, 6.07) is 13.2. The number of hydrogen-bond acceptors (Lipinski definition) is 5. The van der Waals surface area contributed by atoms with E-state index in [-0.39, 0.29) is 0 Å². The SMILES string of the molecule is COCc1cc(CNC2CCN(c3ccc(-n4cccn4)cc3)CC2)n[nH]1. The molecule has 1 aromatic carbocycles. The fraction of sp³-hybridized carbons (Fsp3) is 0.400. The molecule has 3 heterocycles. The zero-order valence-electron chi connectivity index (χ0n) is 15.6. The van der Waals surface area contributed by atoms with E-state index in [0.29, 0.717) is 12.6 Å². The molecule has 3 aromatic rings. The first-order valence-electron chi connectivity index (χ1n) is 9.42. The predicted octanol–water partition coefficient (Wildman–Crippen LogP) is 2.50. The maximum absolute atomic E-state index is 5.12. The Morgan fingerprint density at radius 1 is 1.19 bits per heavy atom. The minimum absolute atomic E-state index is 0.534. The average Bonchev–Trinajstić information content (AvgIpc) is 3.40. The molecule has 0 saturated carbocycles. The molecular weight excluding hydrogens is 340 g/mol. The van der Waals surface area contributed by atoms with Crippen LogP contribution < -0.4 is 10.2 Å². The number of methoxy groups -OCH3 is 1. The van der Waals surface area contributed by atoms with Crippen LogP contribution in [-0.4, -0.2) is 46.2 Å². The van der Waals surface area contributed by atoms with E-state index in [1.54, 1.807) is 13.3 Å². The summed E-state index contributed by atoms with van der Waals surface area (Å²) in [5.74, 6) is 0. The van der Waals surface area contributed by atoms with Gasteiger partial charge in [0.2, 0.25) is 0 Å². The Kier molecular flexibility index (Phi) is 5.50. The van der Waals surface area contributed by atoms with Gasteiger partial charge in [-0.3, -0.25) is 5.10 Å². The number of hydrogen-bond donors (Lipinski definition) is 2. The number of nitrogens with zero attached hydrogens (tertiary/aromatic N) is 4. The van der Waals surface area contributed by atoms with Gasteiger partial charge in [-0.2, -0.15) is 10.2 Å². The molecule has 1 aliphatic heterocycles. The van der Waals surface area contributed by atoms with Gasteiger partial charge in [0.15, 0.2) is 0 Å². The van der Waals surface area contributed by atoms with Crippen molar-refractivity contribution in [2.75, 3.05) is 25.1 Å². The number of ether oxygens (including phenoxy) is 1. The molecule has 27 heavy (non-hydrogen) atoms. The van der Waals surface area contributed by atoms with Gasteiger partial charge >= 0.3 is 0 Å². The van der Waals surface area contributed by atoms with Gasteiger partial charge < -0.3 is 15.0 Å². The third-order valence-corrected chi connectivity index (χ3v) is 5.03. The van der Waals surface area contributed by atoms with Crippen molar-refractivity contribution in [3.8, 4) is 5.69 Å². The summed E-state index contributed by atoms with van der Waals surface area (Å²) < 4.78 is 7.00. The summed E-state index contributed by atoms with van der Waals surface area (Å²) in [5, 5.41) is 15.2. The van der Waals surface area contributed by atoms with E-state index in [9.17, 15) is 0 Å². The van der Waals surface area contributed by atoms with Crippen molar-refractivity contribution in [1.82, 2.24) is 25.3 Å². The van der Waals surface area contributed by atoms with Gasteiger partial charge in [-0.15, -0.1) is 0 Å². The molecule has 2 aromatic heterocycles. The Bertz CT molecular complexity index is 819. The molecule has 142 valence electrons. The molecule has 0 amide bonds. The van der Waals surface area contributed by atoms with Gasteiger partial charge in [-0.25, -0.2) is 4.68 Å². The predicted molar refractivity (Wildman–Crippen MR) is 105 cm³/mol. The molecule has 1 fully saturated rings. The Hall–Kier alpha value is -2.64. The largest absolute Gasteiger partial charge is 0.378 e. The van der Waals surface area contributed by atoms with Crippen molar-refractivity contribution in [1.29, 1.82) is 0 Å². The highest BCUT2D eigenvalue weighted by molar-refractivity contribution is 5.51. The molecule has 4 rings (SSSR count). The lowest BCUT2D eigenvalue weighted by molar-refractivity contribution is 0.181. The van der Waals surface area contributed by atoms with E-state index in [2.05, 4.69) is 55.8 Å². The third kappa shape index (κ3) is 4.37. The standard InChI is InChI=1S/C20H26N6O/c1-27-15-18-13-17(23-24-18)14-21-16-7-11-25(12-8-16)19-3-5-20(6-4-19)26-10-2-9-22-26/h2-6,9-10,13,16,21H,7-8,11-12,14-15H2,1H3,(H,23,24). The molecule has 7 heteroatoms. The first-order valence-corrected chi connectivity index (χ1v) is 9.42. The van der Waals surface area contributed by atoms with Gasteiger partial charge in [0, 0.05) is 50.9 Å². The Morgan fingerprint density at radius 2 is 1.96 bits per heavy atom. The summed E-state index contributed by atoms with van der Waals surface area (Å²) in [6.07, 6.45) is 6.03. The highest BCUT2D eigenvalue weighted by Gasteiger charge is 2.19. The highest BCUT2D eigenvalue weighted by atomic mass is 16.5. The number of benzene rings is 1. The van der Waals surface area contributed by atoms with Crippen LogP contribution in [0.4, 0.5) is 5.69 Å². The molecule has 0 atom stereocenters. The van der Waals surface area contributed by atoms with E-state index < -0.39 is 0 Å². The summed E-state index contributed by atoms with van der Waals surface area (Å²) >= 11 is 0. The quantitative estimate of drug-likeness (QED) is 0.672. The number of rotatable bonds is 7. The molecule has 1 aliphatic rings. The lowest BCUT2D eigenvalue weighted by atomic mass is 10.0. The summed E-state index contributed by atoms with van der Waals surface area (Å²) in [7, 11) is 1.69. The Balaban J connectivity index is 1.26. The molecular formula is C20H26N6O. The topological polar surface area (TPSA) is 71.0 Å². The number of anilines is 1. The second kappa shape index (κ2) is 8.37. The molecule has 2 N–H and O–H groups in total. The third-order valence-electron chi connectivity index (χ3n) is 5.03. The van der Waals surface area contributed by atoms with Crippen LogP contribution in [0.1, 0.15) is 24.2 Å². The minimum Gasteiger partial charge on any atom is -0.378 e. The van der Waals surface area contributed by atoms with Gasteiger partial charge in [-0.05, 0) is 49.2 Å². The van der Waals surface area contributed by atoms with Gasteiger partial charge in [0.25, 0.3) is 0 Å². The average molecular weight is 366 g/mol. The summed E-state index contributed by atoms with van der Waals surface area (Å²) in [6.45, 7) is 3.50. The van der Waals surface area contributed by atoms with Crippen LogP contribution in [-0.2, 0) is 17.9 Å². The molecule has 0 unspecified atom stereocenters. The lowest BCUT2D eigenvalue weighted by Crippen LogP contribution is -2.42. The fourth-order valence-corrected chi connectivity index (χ4v) is 3.56. The molecule has 0 radical (unpaired) electrons. The number of H-pyrrole nitrogens is 1. The van der Waals surface area contributed by atoms with Gasteiger partial charge in [-0.1, -0.05) is 0 Å². The first-order chi connectivity index (χ1) is 13.3. The Labute approximate surface area is 159 Å². The lowest BCUT2D eigenvalue weighted by Gasteiger charge is -2.34. The van der Waals surface area contributed by atoms with Crippen LogP contribution in [0.15, 0.2) is 48.8 Å². The van der Waals surface area contributed by atoms with Crippen molar-refractivity contribution in [2.45, 2.75) is 32.0 Å². The van der Waals surface area contributed by atoms with Crippen LogP contribution in [0.25, 0.3) is 5.69 Å². The van der Waals surface area contributed by atoms with Crippen LogP contribution in [0.5, 0.6) is 0 Å². The van der Waals surface area contributed by atoms with Crippen molar-refractivity contribution < 1.29 is 4.74 Å². The molecule has 0 aliphatic carbocycles. The summed E-state index contributed by atoms with van der Waals surface area (Å²) in [5.41, 5.74) is 4.43. The zero-order valence-corrected chi connectivity index (χ0v) is 15.6. The number of piperidine rings is 1. The van der Waals surface area contributed by atoms with Crippen LogP contribution >= 0.6 is 0 Å². The highest BCUT2D eigenvalue weighted by Crippen LogP contribution is 2.21.